The summed E-state index contributed by atoms with van der Waals surface area (Å²) in [5.41, 5.74) is 15.8. The van der Waals surface area contributed by atoms with E-state index in [0.717, 1.165) is 16.7 Å². The number of nitrogen functional groups attached to an aromatic ring is 2. The summed E-state index contributed by atoms with van der Waals surface area (Å²) in [5.74, 6) is -0.187. The van der Waals surface area contributed by atoms with Gasteiger partial charge in [-0.25, -0.2) is 26.8 Å². The predicted octanol–water partition coefficient (Wildman–Crippen LogP) is 9.39. The maximum absolute atomic E-state index is 13.1. The average Bonchev–Trinajstić information content (AvgIpc) is 3.35. The second-order valence-electron chi connectivity index (χ2n) is 13.6. The predicted molar refractivity (Wildman–Crippen MR) is 254 cm³/mol. The molecule has 7 aromatic rings. The molecule has 7 aromatic carbocycles. The second-order valence-corrected chi connectivity index (χ2v) is 17.5. The maximum atomic E-state index is 13.1. The molecule has 0 spiro atoms. The van der Waals surface area contributed by atoms with Crippen molar-refractivity contribution in [1.82, 2.24) is 0 Å². The molecule has 65 heavy (non-hydrogen) atoms. The van der Waals surface area contributed by atoms with Crippen LogP contribution in [0.25, 0.3) is 0 Å². The molecule has 0 aliphatic carbocycles. The van der Waals surface area contributed by atoms with E-state index in [0.29, 0.717) is 34.5 Å². The van der Waals surface area contributed by atoms with Crippen molar-refractivity contribution in [2.45, 2.75) is 25.6 Å². The van der Waals surface area contributed by atoms with Crippen LogP contribution in [0.5, 0.6) is 0 Å². The van der Waals surface area contributed by atoms with Crippen LogP contribution in [-0.2, 0) is 49.3 Å². The number of sulfone groups is 2. The first kappa shape index (κ1) is 48.9. The van der Waals surface area contributed by atoms with Gasteiger partial charge >= 0.3 is 5.97 Å². The van der Waals surface area contributed by atoms with E-state index >= 15 is 0 Å². The van der Waals surface area contributed by atoms with Gasteiger partial charge < -0.3 is 35.2 Å². The van der Waals surface area contributed by atoms with Crippen LogP contribution in [0.2, 0.25) is 0 Å². The highest BCUT2D eigenvalue weighted by molar-refractivity contribution is 7.91. The molecule has 0 amide bonds. The van der Waals surface area contributed by atoms with Crippen molar-refractivity contribution < 1.29 is 40.5 Å². The summed E-state index contributed by atoms with van der Waals surface area (Å²) in [4.78, 5) is 9.76. The van der Waals surface area contributed by atoms with Crippen LogP contribution in [0.15, 0.2) is 218 Å². The molecule has 0 heterocycles. The normalized spacial score (nSPS) is 11.9. The molecular formula is C50H50N4O9S2. The Labute approximate surface area is 380 Å². The summed E-state index contributed by atoms with van der Waals surface area (Å²) in [7, 11) is 0.536. The number of methoxy groups -OCH3 is 5. The van der Waals surface area contributed by atoms with Crippen LogP contribution in [-0.4, -0.2) is 64.2 Å². The molecule has 0 aromatic heterocycles. The van der Waals surface area contributed by atoms with Gasteiger partial charge in [-0.15, -0.1) is 0 Å². The maximum Gasteiger partial charge on any atom is 0.311 e. The minimum absolute atomic E-state index is 0.174. The third kappa shape index (κ3) is 12.7. The number of rotatable bonds is 12. The number of aliphatic imine (C=N–C) groups is 2. The van der Waals surface area contributed by atoms with E-state index in [1.165, 1.54) is 48.5 Å². The number of hydrogen-bond acceptors (Lipinski definition) is 13. The fraction of sp³-hybridized carbons (Fsp3) is 0.120. The van der Waals surface area contributed by atoms with Crippen LogP contribution in [0.4, 0.5) is 22.7 Å². The van der Waals surface area contributed by atoms with E-state index in [1.807, 2.05) is 91.0 Å². The van der Waals surface area contributed by atoms with Crippen molar-refractivity contribution >= 4 is 54.2 Å². The smallest absolute Gasteiger partial charge is 0.311 e. The van der Waals surface area contributed by atoms with Crippen LogP contribution >= 0.6 is 0 Å². The summed E-state index contributed by atoms with van der Waals surface area (Å²) in [6, 6.07) is 53.4. The lowest BCUT2D eigenvalue weighted by molar-refractivity contribution is -0.364. The van der Waals surface area contributed by atoms with E-state index in [-0.39, 0.29) is 19.6 Å². The number of benzene rings is 7. The molecule has 0 aliphatic heterocycles. The van der Waals surface area contributed by atoms with Gasteiger partial charge in [0.2, 0.25) is 31.5 Å². The highest BCUT2D eigenvalue weighted by atomic mass is 32.2. The summed E-state index contributed by atoms with van der Waals surface area (Å²) in [6.07, 6.45) is 0. The molecule has 0 bridgehead atoms. The van der Waals surface area contributed by atoms with Crippen molar-refractivity contribution in [3.63, 3.8) is 0 Å². The molecule has 0 unspecified atom stereocenters. The quantitative estimate of drug-likeness (QED) is 0.0514. The van der Waals surface area contributed by atoms with Crippen LogP contribution in [0.3, 0.4) is 0 Å². The first-order valence-corrected chi connectivity index (χ1v) is 22.8. The van der Waals surface area contributed by atoms with Gasteiger partial charge in [0.25, 0.3) is 0 Å². The van der Waals surface area contributed by atoms with E-state index in [9.17, 15) is 16.8 Å². The largest absolute Gasteiger partial charge is 0.481 e. The summed E-state index contributed by atoms with van der Waals surface area (Å²) in [5, 5.41) is 0. The number of ether oxygens (including phenoxy) is 5. The van der Waals surface area contributed by atoms with Gasteiger partial charge in [0.05, 0.1) is 45.2 Å². The van der Waals surface area contributed by atoms with Crippen LogP contribution < -0.4 is 11.5 Å². The van der Waals surface area contributed by atoms with E-state index < -0.39 is 25.6 Å². The van der Waals surface area contributed by atoms with Gasteiger partial charge in [0.1, 0.15) is 0 Å². The van der Waals surface area contributed by atoms with Crippen LogP contribution in [0.1, 0.15) is 16.7 Å². The molecule has 0 fully saturated rings. The molecule has 0 saturated carbocycles. The van der Waals surface area contributed by atoms with E-state index in [2.05, 4.69) is 9.98 Å². The van der Waals surface area contributed by atoms with Gasteiger partial charge in [-0.1, -0.05) is 66.7 Å². The van der Waals surface area contributed by atoms with Gasteiger partial charge in [0, 0.05) is 49.4 Å². The fourth-order valence-electron chi connectivity index (χ4n) is 6.06. The summed E-state index contributed by atoms with van der Waals surface area (Å²) in [6.45, 7) is 0. The molecule has 15 heteroatoms. The first-order chi connectivity index (χ1) is 31.3. The molecular weight excluding hydrogens is 865 g/mol. The van der Waals surface area contributed by atoms with Crippen molar-refractivity contribution in [2.24, 2.45) is 9.98 Å². The van der Waals surface area contributed by atoms with Crippen LogP contribution in [0, 0.1) is 0 Å². The Kier molecular flexibility index (Phi) is 17.3. The zero-order valence-electron chi connectivity index (χ0n) is 36.4. The Balaban J connectivity index is 0.000000218. The van der Waals surface area contributed by atoms with E-state index in [4.69, 9.17) is 35.2 Å². The lowest BCUT2D eigenvalue weighted by Gasteiger charge is -2.28. The Hall–Kier alpha value is -7.14. The monoisotopic (exact) mass is 914 g/mol. The topological polar surface area (TPSA) is 191 Å². The third-order valence-electron chi connectivity index (χ3n) is 9.50. The molecule has 4 N–H and O–H groups in total. The van der Waals surface area contributed by atoms with Gasteiger partial charge in [0.15, 0.2) is 0 Å². The summed E-state index contributed by atoms with van der Waals surface area (Å²) < 4.78 is 76.9. The van der Waals surface area contributed by atoms with Crippen molar-refractivity contribution in [2.75, 3.05) is 47.0 Å². The van der Waals surface area contributed by atoms with Gasteiger partial charge in [-0.05, 0) is 121 Å². The average molecular weight is 915 g/mol. The summed E-state index contributed by atoms with van der Waals surface area (Å²) >= 11 is 0. The molecule has 7 rings (SSSR count). The fourth-order valence-corrected chi connectivity index (χ4v) is 8.59. The number of hydrogen-bond donors (Lipinski definition) is 2. The molecule has 0 atom stereocenters. The lowest BCUT2D eigenvalue weighted by atomic mass is 10.2. The number of nitrogens with zero attached hydrogens (tertiary/aromatic N) is 2. The molecule has 0 radical (unpaired) electrons. The minimum Gasteiger partial charge on any atom is -0.481 e. The first-order valence-electron chi connectivity index (χ1n) is 19.8. The number of nitrogens with two attached hydrogens (primary N) is 2. The standard InChI is InChI=1S/C28H24N2O4S.C12H12N2O2S.C10H14O3/c1-33-27(21-9-5-3-6-10-21)29-23-13-17-25(18-14-23)35(31,32)26-19-15-24(16-20-26)30-28(34-2)22-11-7-4-8-12-22;13-9-1-5-11(6-2-9)17(15,16)12-7-3-10(14)4-8-12;1-11-10(12-2,13-3)9-7-5-4-6-8-9/h3-20H,1-2H3;1-8H,13-14H2;4-8H,1-3H3. The third-order valence-corrected chi connectivity index (χ3v) is 13.1. The SMILES string of the molecule is COC(=Nc1ccc(S(=O)(=O)c2ccc(N=C(OC)c3ccccc3)cc2)cc1)c1ccccc1.COC(OC)(OC)c1ccccc1.Nc1ccc(S(=O)(=O)c2ccc(N)cc2)cc1. The van der Waals surface area contributed by atoms with Gasteiger partial charge in [-0.3, -0.25) is 0 Å². The molecule has 0 saturated heterocycles. The Morgan fingerprint density at radius 1 is 0.400 bits per heavy atom. The Morgan fingerprint density at radius 2 is 0.677 bits per heavy atom. The van der Waals surface area contributed by atoms with Crippen molar-refractivity contribution in [1.29, 1.82) is 0 Å². The molecule has 13 nitrogen and oxygen atoms in total. The van der Waals surface area contributed by atoms with E-state index in [1.54, 1.807) is 84.1 Å². The second kappa shape index (κ2) is 23.0. The van der Waals surface area contributed by atoms with Crippen molar-refractivity contribution in [3.8, 4) is 0 Å². The minimum atomic E-state index is -3.70. The highest BCUT2D eigenvalue weighted by Crippen LogP contribution is 2.28. The number of anilines is 2. The molecule has 0 aliphatic rings. The zero-order valence-corrected chi connectivity index (χ0v) is 38.1. The van der Waals surface area contributed by atoms with Gasteiger partial charge in [-0.2, -0.15) is 0 Å². The highest BCUT2D eigenvalue weighted by Gasteiger charge is 2.31. The molecule has 336 valence electrons. The lowest BCUT2D eigenvalue weighted by Crippen LogP contribution is -2.32. The Morgan fingerprint density at radius 3 is 0.954 bits per heavy atom. The zero-order chi connectivity index (χ0) is 46.9. The van der Waals surface area contributed by atoms with Crippen molar-refractivity contribution in [3.05, 3.63) is 205 Å². The Bertz CT molecular complexity index is 2680.